The largest absolute Gasteiger partial charge is 0.373 e. The van der Waals surface area contributed by atoms with E-state index in [0.29, 0.717) is 5.69 Å². The molecule has 5 heteroatoms. The Hall–Kier alpha value is -2.40. The number of benzene rings is 1. The highest BCUT2D eigenvalue weighted by Gasteiger charge is 2.16. The summed E-state index contributed by atoms with van der Waals surface area (Å²) in [6, 6.07) is 10.4. The Labute approximate surface area is 170 Å². The first-order chi connectivity index (χ1) is 13.7. The molecule has 2 aromatic heterocycles. The van der Waals surface area contributed by atoms with Gasteiger partial charge in [-0.25, -0.2) is 4.39 Å². The molecule has 0 saturated heterocycles. The summed E-state index contributed by atoms with van der Waals surface area (Å²) < 4.78 is 14.9. The van der Waals surface area contributed by atoms with Gasteiger partial charge in [0.15, 0.2) is 5.75 Å². The van der Waals surface area contributed by atoms with Crippen LogP contribution in [-0.2, 0) is 0 Å². The monoisotopic (exact) mass is 398 g/mol. The summed E-state index contributed by atoms with van der Waals surface area (Å²) >= 11 is 1.59. The van der Waals surface area contributed by atoms with E-state index in [-0.39, 0.29) is 5.82 Å². The van der Waals surface area contributed by atoms with E-state index >= 15 is 0 Å². The molecule has 0 bridgehead atoms. The molecule has 3 nitrogen and oxygen atoms in total. The highest BCUT2D eigenvalue weighted by Crippen LogP contribution is 2.32. The lowest BCUT2D eigenvalue weighted by molar-refractivity contribution is 0.306. The number of hydroxylamine groups is 1. The van der Waals surface area contributed by atoms with Crippen LogP contribution in [0.4, 0.5) is 10.1 Å². The molecule has 0 radical (unpaired) electrons. The van der Waals surface area contributed by atoms with Gasteiger partial charge in [0, 0.05) is 18.3 Å². The third-order valence-corrected chi connectivity index (χ3v) is 5.52. The lowest BCUT2D eigenvalue weighted by Gasteiger charge is -2.27. The molecule has 3 aromatic rings. The van der Waals surface area contributed by atoms with Crippen LogP contribution in [0.1, 0.15) is 52.4 Å². The number of halogens is 1. The van der Waals surface area contributed by atoms with Crippen LogP contribution in [0.25, 0.3) is 10.2 Å². The Morgan fingerprint density at radius 2 is 2.07 bits per heavy atom. The molecule has 0 N–H and O–H groups in total. The highest BCUT2D eigenvalue weighted by molar-refractivity contribution is 7.17. The summed E-state index contributed by atoms with van der Waals surface area (Å²) in [5.74, 6) is 0.454. The number of allylic oxidation sites excluding steroid dienone is 2. The molecule has 148 valence electrons. The van der Waals surface area contributed by atoms with Crippen LogP contribution in [0.15, 0.2) is 59.7 Å². The van der Waals surface area contributed by atoms with Crippen molar-refractivity contribution in [3.63, 3.8) is 0 Å². The summed E-state index contributed by atoms with van der Waals surface area (Å²) in [7, 11) is 0. The number of nitrogens with zero attached hydrogens (tertiary/aromatic N) is 2. The van der Waals surface area contributed by atoms with Gasteiger partial charge in [0.1, 0.15) is 5.82 Å². The van der Waals surface area contributed by atoms with Gasteiger partial charge in [-0.1, -0.05) is 45.3 Å². The number of rotatable bonds is 10. The standard InChI is InChI=1S/C23H27FN2OS/c1-3-5-6-7-8-11-19(4-2)26(20-12-9-10-18(24)17-20)27-22-13-15-25-21-14-16-28-23(21)22/h9-17H,3-8H2,1-2H3. The summed E-state index contributed by atoms with van der Waals surface area (Å²) in [5, 5.41) is 3.76. The van der Waals surface area contributed by atoms with Crippen LogP contribution in [0.5, 0.6) is 5.75 Å². The van der Waals surface area contributed by atoms with Gasteiger partial charge in [0.2, 0.25) is 0 Å². The Balaban J connectivity index is 1.90. The second-order valence-electron chi connectivity index (χ2n) is 6.71. The van der Waals surface area contributed by atoms with E-state index in [9.17, 15) is 4.39 Å². The molecule has 28 heavy (non-hydrogen) atoms. The van der Waals surface area contributed by atoms with E-state index in [1.54, 1.807) is 28.7 Å². The maximum atomic E-state index is 13.9. The fraction of sp³-hybridized carbons (Fsp3) is 0.348. The lowest BCUT2D eigenvalue weighted by Crippen LogP contribution is -2.26. The molecule has 3 rings (SSSR count). The van der Waals surface area contributed by atoms with E-state index < -0.39 is 0 Å². The van der Waals surface area contributed by atoms with Crippen LogP contribution in [0.3, 0.4) is 0 Å². The number of anilines is 1. The number of thiophene rings is 1. The highest BCUT2D eigenvalue weighted by atomic mass is 32.1. The fourth-order valence-corrected chi connectivity index (χ4v) is 3.91. The van der Waals surface area contributed by atoms with E-state index in [4.69, 9.17) is 4.84 Å². The molecule has 0 spiro atoms. The summed E-state index contributed by atoms with van der Waals surface area (Å²) in [6.07, 6.45) is 10.6. The molecule has 0 fully saturated rings. The van der Waals surface area contributed by atoms with Crippen molar-refractivity contribution in [2.45, 2.75) is 52.4 Å². The van der Waals surface area contributed by atoms with Crippen molar-refractivity contribution >= 4 is 27.2 Å². The van der Waals surface area contributed by atoms with Gasteiger partial charge in [-0.05, 0) is 42.8 Å². The zero-order chi connectivity index (χ0) is 19.8. The Kier molecular flexibility index (Phi) is 7.43. The van der Waals surface area contributed by atoms with E-state index in [2.05, 4.69) is 24.9 Å². The van der Waals surface area contributed by atoms with E-state index in [1.807, 2.05) is 23.6 Å². The van der Waals surface area contributed by atoms with Crippen LogP contribution in [0.2, 0.25) is 0 Å². The zero-order valence-electron chi connectivity index (χ0n) is 16.5. The fourth-order valence-electron chi connectivity index (χ4n) is 3.11. The first-order valence-electron chi connectivity index (χ1n) is 9.97. The molecule has 0 unspecified atom stereocenters. The molecule has 1 aromatic carbocycles. The normalized spacial score (nSPS) is 11.8. The molecule has 0 saturated carbocycles. The third kappa shape index (κ3) is 5.10. The number of hydrogen-bond donors (Lipinski definition) is 0. The number of fused-ring (bicyclic) bond motifs is 1. The van der Waals surface area contributed by atoms with Crippen LogP contribution < -0.4 is 9.90 Å². The molecule has 0 aliphatic carbocycles. The van der Waals surface area contributed by atoms with Crippen LogP contribution in [0, 0.1) is 5.82 Å². The molecular weight excluding hydrogens is 371 g/mol. The van der Waals surface area contributed by atoms with Gasteiger partial charge in [-0.15, -0.1) is 11.3 Å². The minimum atomic E-state index is -0.277. The van der Waals surface area contributed by atoms with Crippen molar-refractivity contribution in [1.29, 1.82) is 0 Å². The number of pyridine rings is 1. The topological polar surface area (TPSA) is 25.4 Å². The number of aromatic nitrogens is 1. The first kappa shape index (κ1) is 20.3. The predicted molar refractivity (Wildman–Crippen MR) is 116 cm³/mol. The molecule has 2 heterocycles. The van der Waals surface area contributed by atoms with Crippen molar-refractivity contribution in [2.75, 3.05) is 5.06 Å². The van der Waals surface area contributed by atoms with Gasteiger partial charge >= 0.3 is 0 Å². The molecule has 0 atom stereocenters. The quantitative estimate of drug-likeness (QED) is 0.261. The maximum absolute atomic E-state index is 13.9. The molecule has 0 aliphatic rings. The SMILES string of the molecule is CCCCCCC=C(CC)N(Oc1ccnc2ccsc12)c1cccc(F)c1. The third-order valence-electron chi connectivity index (χ3n) is 4.60. The minimum Gasteiger partial charge on any atom is -0.373 e. The van der Waals surface area contributed by atoms with Crippen molar-refractivity contribution in [3.05, 3.63) is 65.6 Å². The smallest absolute Gasteiger partial charge is 0.176 e. The predicted octanol–water partition coefficient (Wildman–Crippen LogP) is 7.50. The van der Waals surface area contributed by atoms with Gasteiger partial charge in [0.05, 0.1) is 21.6 Å². The van der Waals surface area contributed by atoms with Crippen molar-refractivity contribution < 1.29 is 9.23 Å². The molecular formula is C23H27FN2OS. The number of unbranched alkanes of at least 4 members (excludes halogenated alkanes) is 4. The second-order valence-corrected chi connectivity index (χ2v) is 7.62. The molecule has 0 aliphatic heterocycles. The van der Waals surface area contributed by atoms with Gasteiger partial charge in [-0.2, -0.15) is 5.06 Å². The van der Waals surface area contributed by atoms with Crippen molar-refractivity contribution in [3.8, 4) is 5.75 Å². The van der Waals surface area contributed by atoms with Gasteiger partial charge < -0.3 is 4.84 Å². The zero-order valence-corrected chi connectivity index (χ0v) is 17.3. The minimum absolute atomic E-state index is 0.277. The second kappa shape index (κ2) is 10.2. The van der Waals surface area contributed by atoms with E-state index in [1.165, 1.54) is 31.4 Å². The Morgan fingerprint density at radius 3 is 2.86 bits per heavy atom. The van der Waals surface area contributed by atoms with Crippen molar-refractivity contribution in [2.24, 2.45) is 0 Å². The van der Waals surface area contributed by atoms with Crippen molar-refractivity contribution in [1.82, 2.24) is 4.98 Å². The summed E-state index contributed by atoms with van der Waals surface area (Å²) in [6.45, 7) is 4.31. The van der Waals surface area contributed by atoms with Crippen LogP contribution in [-0.4, -0.2) is 4.98 Å². The van der Waals surface area contributed by atoms with E-state index in [0.717, 1.165) is 40.9 Å². The average molecular weight is 399 g/mol. The summed E-state index contributed by atoms with van der Waals surface area (Å²) in [4.78, 5) is 10.7. The van der Waals surface area contributed by atoms with Gasteiger partial charge in [0.25, 0.3) is 0 Å². The summed E-state index contributed by atoms with van der Waals surface area (Å²) in [5.41, 5.74) is 2.62. The van der Waals surface area contributed by atoms with Gasteiger partial charge in [-0.3, -0.25) is 4.98 Å². The Bertz CT molecular complexity index is 922. The average Bonchev–Trinajstić information content (AvgIpc) is 3.19. The Morgan fingerprint density at radius 1 is 1.18 bits per heavy atom. The first-order valence-corrected chi connectivity index (χ1v) is 10.9. The van der Waals surface area contributed by atoms with Crippen LogP contribution >= 0.6 is 11.3 Å². The maximum Gasteiger partial charge on any atom is 0.176 e. The number of hydrogen-bond acceptors (Lipinski definition) is 4. The molecule has 0 amide bonds. The lowest BCUT2D eigenvalue weighted by atomic mass is 10.1.